The molecule has 0 rings (SSSR count). The van der Waals surface area contributed by atoms with E-state index in [1.807, 2.05) is 0 Å². The molecule has 0 aromatic carbocycles. The second-order valence-electron chi connectivity index (χ2n) is 0. The molecule has 0 N–H and O–H groups in total. The molecule has 0 aliphatic rings. The summed E-state index contributed by atoms with van der Waals surface area (Å²) in [6.07, 6.45) is 0. The fraction of sp³-hybridized carbons (Fsp3) is 0. The molecule has 0 atom stereocenters. The zero-order valence-corrected chi connectivity index (χ0v) is 20.5. The number of hydrogen-bond acceptors (Lipinski definition) is 0. The van der Waals surface area contributed by atoms with E-state index in [1.54, 1.807) is 0 Å². The van der Waals surface area contributed by atoms with E-state index in [-0.39, 0.29) is 255 Å². The van der Waals surface area contributed by atoms with Gasteiger partial charge in [-0.25, -0.2) is 0 Å². The molecule has 0 unspecified atom stereocenters. The Morgan fingerprint density at radius 1 is 0.429 bits per heavy atom. The minimum atomic E-state index is 0. The summed E-state index contributed by atoms with van der Waals surface area (Å²) in [5, 5.41) is 0. The maximum atomic E-state index is 0. The summed E-state index contributed by atoms with van der Waals surface area (Å²) >= 11 is 0. The average Bonchev–Trinajstić information content (AvgIpc) is 0. The van der Waals surface area contributed by atoms with Crippen LogP contribution < -0.4 is 0 Å². The van der Waals surface area contributed by atoms with Crippen molar-refractivity contribution >= 4 is 189 Å². The van der Waals surface area contributed by atoms with E-state index in [1.165, 1.54) is 0 Å². The Balaban J connectivity index is 0. The van der Waals surface area contributed by atoms with Gasteiger partial charge < -0.3 is 14.3 Å². The normalized spacial score (nSPS) is 0. The van der Waals surface area contributed by atoms with Crippen LogP contribution in [0.3, 0.4) is 0 Å². The van der Waals surface area contributed by atoms with Gasteiger partial charge in [-0.2, -0.15) is 0 Å². The van der Waals surface area contributed by atoms with Crippen molar-refractivity contribution in [3.8, 4) is 0 Å². The molecular weight excluding hydrogens is 383 g/mol. The van der Waals surface area contributed by atoms with E-state index < -0.39 is 0 Å². The van der Waals surface area contributed by atoms with Gasteiger partial charge in [-0.3, -0.25) is 0 Å². The SMILES string of the molecule is [Ca+2].[Ca+2].[Ca+2].[Ca+2].[Ca+2].[H-].[H-].[H-].[H-].[H-].[H-].[H-].[H-].[H-].[H-].[Zr].[Zr]. The van der Waals surface area contributed by atoms with Crippen molar-refractivity contribution in [3.05, 3.63) is 0 Å². The van der Waals surface area contributed by atoms with Crippen LogP contribution in [0.1, 0.15) is 14.3 Å². The van der Waals surface area contributed by atoms with Crippen LogP contribution in [0.5, 0.6) is 0 Å². The van der Waals surface area contributed by atoms with Gasteiger partial charge >= 0.3 is 189 Å². The summed E-state index contributed by atoms with van der Waals surface area (Å²) in [6.45, 7) is 0. The van der Waals surface area contributed by atoms with E-state index in [9.17, 15) is 0 Å². The molecule has 0 radical (unpaired) electrons. The van der Waals surface area contributed by atoms with Crippen molar-refractivity contribution in [2.24, 2.45) is 0 Å². The van der Waals surface area contributed by atoms with Gasteiger partial charge in [0.25, 0.3) is 0 Å². The van der Waals surface area contributed by atoms with E-state index in [4.69, 9.17) is 0 Å². The Bertz CT molecular complexity index is 22.7. The molecule has 7 heteroatoms. The third-order valence-corrected chi connectivity index (χ3v) is 0. The Morgan fingerprint density at radius 2 is 0.429 bits per heavy atom. The van der Waals surface area contributed by atoms with Crippen LogP contribution in [-0.2, 0) is 52.4 Å². The monoisotopic (exact) mass is 390 g/mol. The van der Waals surface area contributed by atoms with Crippen LogP contribution in [0.15, 0.2) is 0 Å². The molecule has 0 saturated heterocycles. The van der Waals surface area contributed by atoms with E-state index in [0.717, 1.165) is 0 Å². The molecule has 28 valence electrons. The summed E-state index contributed by atoms with van der Waals surface area (Å²) < 4.78 is 0. The molecule has 0 aromatic heterocycles. The van der Waals surface area contributed by atoms with Gasteiger partial charge in [0.1, 0.15) is 0 Å². The van der Waals surface area contributed by atoms with Crippen molar-refractivity contribution < 1.29 is 66.7 Å². The summed E-state index contributed by atoms with van der Waals surface area (Å²) in [7, 11) is 0. The minimum absolute atomic E-state index is 0. The number of rotatable bonds is 0. The molecule has 0 nitrogen and oxygen atoms in total. The van der Waals surface area contributed by atoms with Crippen molar-refractivity contribution in [2.45, 2.75) is 0 Å². The Labute approximate surface area is 247 Å². The number of hydrogen-bond donors (Lipinski definition) is 0. The van der Waals surface area contributed by atoms with Crippen LogP contribution in [0, 0.1) is 0 Å². The first-order valence-corrected chi connectivity index (χ1v) is 0. The van der Waals surface area contributed by atoms with Gasteiger partial charge in [-0.1, -0.05) is 0 Å². The molecule has 7 heavy (non-hydrogen) atoms. The van der Waals surface area contributed by atoms with E-state index in [0.29, 0.717) is 0 Å². The van der Waals surface area contributed by atoms with E-state index >= 15 is 0 Å². The molecule has 0 spiro atoms. The predicted octanol–water partition coefficient (Wildman–Crippen LogP) is -0.784. The van der Waals surface area contributed by atoms with Gasteiger partial charge in [-0.15, -0.1) is 0 Å². The quantitative estimate of drug-likeness (QED) is 0.474. The topological polar surface area (TPSA) is 0 Å². The smallest absolute Gasteiger partial charge is 1.00 e. The summed E-state index contributed by atoms with van der Waals surface area (Å²) in [4.78, 5) is 0. The molecule has 0 bridgehead atoms. The standard InChI is InChI=1S/5Ca.2Zr.10H/q5*+2;;;10*-1. The van der Waals surface area contributed by atoms with Crippen molar-refractivity contribution in [1.29, 1.82) is 0 Å². The molecule has 0 aliphatic heterocycles. The molecular formula is H10Ca5Zr2. The first kappa shape index (κ1) is 45.8. The molecule has 0 aliphatic carbocycles. The third kappa shape index (κ3) is 31.5. The Hall–Kier alpha value is 8.06. The van der Waals surface area contributed by atoms with Crippen molar-refractivity contribution in [3.63, 3.8) is 0 Å². The molecule has 0 saturated carbocycles. The predicted molar refractivity (Wildman–Crippen MR) is 39.9 cm³/mol. The van der Waals surface area contributed by atoms with Crippen molar-refractivity contribution in [1.82, 2.24) is 0 Å². The maximum absolute atomic E-state index is 0. The van der Waals surface area contributed by atoms with Gasteiger partial charge in [-0.05, 0) is 0 Å². The fourth-order valence-electron chi connectivity index (χ4n) is 0. The van der Waals surface area contributed by atoms with E-state index in [2.05, 4.69) is 0 Å². The first-order valence-electron chi connectivity index (χ1n) is 0. The second kappa shape index (κ2) is 36.9. The van der Waals surface area contributed by atoms with Crippen molar-refractivity contribution in [2.75, 3.05) is 0 Å². The fourth-order valence-corrected chi connectivity index (χ4v) is 0. The van der Waals surface area contributed by atoms with Gasteiger partial charge in [0.15, 0.2) is 0 Å². The van der Waals surface area contributed by atoms with Gasteiger partial charge in [0.2, 0.25) is 0 Å². The van der Waals surface area contributed by atoms with Gasteiger partial charge in [0, 0.05) is 52.4 Å². The molecule has 0 amide bonds. The Kier molecular flexibility index (Phi) is 242. The van der Waals surface area contributed by atoms with Crippen LogP contribution in [0.2, 0.25) is 0 Å². The zero-order valence-electron chi connectivity index (χ0n) is 14.5. The molecule has 0 fully saturated rings. The van der Waals surface area contributed by atoms with Crippen LogP contribution in [-0.4, -0.2) is 189 Å². The molecule has 0 aromatic rings. The zero-order chi connectivity index (χ0) is 0. The van der Waals surface area contributed by atoms with Crippen LogP contribution in [0.25, 0.3) is 0 Å². The Morgan fingerprint density at radius 3 is 0.429 bits per heavy atom. The maximum Gasteiger partial charge on any atom is 2.00 e. The van der Waals surface area contributed by atoms with Crippen LogP contribution >= 0.6 is 0 Å². The summed E-state index contributed by atoms with van der Waals surface area (Å²) in [5.74, 6) is 0. The minimum Gasteiger partial charge on any atom is -1.00 e. The first-order chi connectivity index (χ1) is 0. The third-order valence-electron chi connectivity index (χ3n) is 0. The largest absolute Gasteiger partial charge is 2.00 e. The molecule has 0 heterocycles. The van der Waals surface area contributed by atoms with Crippen LogP contribution in [0.4, 0.5) is 0 Å². The van der Waals surface area contributed by atoms with Gasteiger partial charge in [0.05, 0.1) is 0 Å². The second-order valence-corrected chi connectivity index (χ2v) is 0. The average molecular weight is 393 g/mol. The summed E-state index contributed by atoms with van der Waals surface area (Å²) in [6, 6.07) is 0. The summed E-state index contributed by atoms with van der Waals surface area (Å²) in [5.41, 5.74) is 0.